The lowest BCUT2D eigenvalue weighted by molar-refractivity contribution is 0.278. The van der Waals surface area contributed by atoms with Gasteiger partial charge in [0, 0.05) is 0 Å². The first-order valence-electron chi connectivity index (χ1n) is 7.43. The second kappa shape index (κ2) is 7.80. The molecule has 0 spiro atoms. The van der Waals surface area contributed by atoms with Gasteiger partial charge in [0.05, 0.1) is 12.4 Å². The molecule has 120 valence electrons. The van der Waals surface area contributed by atoms with Crippen molar-refractivity contribution in [3.63, 3.8) is 0 Å². The molecule has 1 aromatic carbocycles. The van der Waals surface area contributed by atoms with Crippen molar-refractivity contribution >= 4 is 10.0 Å². The molecule has 2 N–H and O–H groups in total. The molecule has 0 bridgehead atoms. The summed E-state index contributed by atoms with van der Waals surface area (Å²) >= 11 is 0. The first kappa shape index (κ1) is 18.0. The minimum atomic E-state index is -3.36. The molecule has 0 saturated heterocycles. The molecule has 4 nitrogen and oxygen atoms in total. The normalized spacial score (nSPS) is 13.4. The molecule has 0 aliphatic carbocycles. The number of nitrogens with two attached hydrogens (primary N) is 1. The molecule has 0 fully saturated rings. The van der Waals surface area contributed by atoms with Crippen molar-refractivity contribution in [1.82, 2.24) is 0 Å². The van der Waals surface area contributed by atoms with E-state index in [4.69, 9.17) is 9.88 Å². The largest absolute Gasteiger partial charge is 0.493 e. The lowest BCUT2D eigenvalue weighted by atomic mass is 10.0. The van der Waals surface area contributed by atoms with E-state index in [-0.39, 0.29) is 11.7 Å². The standard InChI is InChI=1S/C16H27NO3S/c1-12(2)15-6-5-14(4)11-16(15)20-9-7-13(3)8-10-21(17,18)19/h5-6,11-13H,7-10H2,1-4H3,(H2,17,18,19). The molecule has 1 rings (SSSR count). The van der Waals surface area contributed by atoms with Crippen molar-refractivity contribution in [3.05, 3.63) is 29.3 Å². The van der Waals surface area contributed by atoms with Crippen LogP contribution in [-0.4, -0.2) is 20.8 Å². The first-order chi connectivity index (χ1) is 9.69. The second-order valence-corrected chi connectivity index (χ2v) is 7.83. The Hall–Kier alpha value is -1.07. The Kier molecular flexibility index (Phi) is 6.68. The maximum Gasteiger partial charge on any atom is 0.209 e. The topological polar surface area (TPSA) is 69.4 Å². The highest BCUT2D eigenvalue weighted by molar-refractivity contribution is 7.89. The molecule has 0 aliphatic heterocycles. The monoisotopic (exact) mass is 313 g/mol. The van der Waals surface area contributed by atoms with Gasteiger partial charge in [0.1, 0.15) is 5.75 Å². The predicted molar refractivity (Wildman–Crippen MR) is 87.1 cm³/mol. The lowest BCUT2D eigenvalue weighted by Gasteiger charge is -2.16. The fourth-order valence-corrected chi connectivity index (χ4v) is 2.85. The van der Waals surface area contributed by atoms with Crippen LogP contribution in [0.4, 0.5) is 0 Å². The fraction of sp³-hybridized carbons (Fsp3) is 0.625. The van der Waals surface area contributed by atoms with Gasteiger partial charge >= 0.3 is 0 Å². The molecule has 0 saturated carbocycles. The van der Waals surface area contributed by atoms with Crippen LogP contribution in [0.2, 0.25) is 0 Å². The fourth-order valence-electron chi connectivity index (χ4n) is 2.12. The van der Waals surface area contributed by atoms with Gasteiger partial charge in [0.25, 0.3) is 0 Å². The van der Waals surface area contributed by atoms with Crippen LogP contribution in [-0.2, 0) is 10.0 Å². The minimum Gasteiger partial charge on any atom is -0.493 e. The third-order valence-electron chi connectivity index (χ3n) is 3.55. The van der Waals surface area contributed by atoms with Crippen LogP contribution in [0.3, 0.4) is 0 Å². The van der Waals surface area contributed by atoms with E-state index in [0.29, 0.717) is 18.9 Å². The zero-order valence-corrected chi connectivity index (χ0v) is 14.2. The number of sulfonamides is 1. The maximum atomic E-state index is 10.9. The Morgan fingerprint density at radius 1 is 1.19 bits per heavy atom. The highest BCUT2D eigenvalue weighted by Gasteiger charge is 2.11. The number of ether oxygens (including phenoxy) is 1. The summed E-state index contributed by atoms with van der Waals surface area (Å²) < 4.78 is 27.8. The molecule has 5 heteroatoms. The third kappa shape index (κ3) is 6.96. The van der Waals surface area contributed by atoms with Gasteiger partial charge in [-0.15, -0.1) is 0 Å². The summed E-state index contributed by atoms with van der Waals surface area (Å²) in [5.74, 6) is 1.66. The van der Waals surface area contributed by atoms with Gasteiger partial charge in [-0.2, -0.15) is 0 Å². The summed E-state index contributed by atoms with van der Waals surface area (Å²) in [5.41, 5.74) is 2.38. The summed E-state index contributed by atoms with van der Waals surface area (Å²) in [6.07, 6.45) is 1.40. The van der Waals surface area contributed by atoms with E-state index < -0.39 is 10.0 Å². The molecule has 0 radical (unpaired) electrons. The number of hydrogen-bond donors (Lipinski definition) is 1. The molecular weight excluding hydrogens is 286 g/mol. The molecular formula is C16H27NO3S. The van der Waals surface area contributed by atoms with Crippen LogP contribution in [0.15, 0.2) is 18.2 Å². The van der Waals surface area contributed by atoms with E-state index in [1.54, 1.807) is 0 Å². The van der Waals surface area contributed by atoms with Crippen LogP contribution < -0.4 is 9.88 Å². The Balaban J connectivity index is 2.50. The van der Waals surface area contributed by atoms with Gasteiger partial charge in [-0.1, -0.05) is 32.9 Å². The number of aryl methyl sites for hydroxylation is 1. The molecule has 1 atom stereocenters. The number of hydrogen-bond acceptors (Lipinski definition) is 3. The van der Waals surface area contributed by atoms with Crippen molar-refractivity contribution in [2.24, 2.45) is 11.1 Å². The lowest BCUT2D eigenvalue weighted by Crippen LogP contribution is -2.19. The van der Waals surface area contributed by atoms with Gasteiger partial charge in [-0.3, -0.25) is 0 Å². The van der Waals surface area contributed by atoms with Crippen LogP contribution >= 0.6 is 0 Å². The molecule has 0 aromatic heterocycles. The maximum absolute atomic E-state index is 10.9. The Labute approximate surface area is 128 Å². The molecule has 0 amide bonds. The third-order valence-corrected chi connectivity index (χ3v) is 4.36. The zero-order valence-electron chi connectivity index (χ0n) is 13.4. The van der Waals surface area contributed by atoms with Crippen molar-refractivity contribution in [3.8, 4) is 5.75 Å². The van der Waals surface area contributed by atoms with E-state index in [2.05, 4.69) is 32.0 Å². The minimum absolute atomic E-state index is 0.0376. The van der Waals surface area contributed by atoms with Gasteiger partial charge in [0.2, 0.25) is 10.0 Å². The van der Waals surface area contributed by atoms with Gasteiger partial charge in [0.15, 0.2) is 0 Å². The number of benzene rings is 1. The summed E-state index contributed by atoms with van der Waals surface area (Å²) in [7, 11) is -3.36. The van der Waals surface area contributed by atoms with Crippen molar-refractivity contribution < 1.29 is 13.2 Å². The highest BCUT2D eigenvalue weighted by Crippen LogP contribution is 2.27. The number of primary sulfonamides is 1. The second-order valence-electron chi connectivity index (χ2n) is 6.09. The number of rotatable bonds is 8. The van der Waals surface area contributed by atoms with E-state index >= 15 is 0 Å². The van der Waals surface area contributed by atoms with Crippen LogP contribution in [0.1, 0.15) is 50.7 Å². The quantitative estimate of drug-likeness (QED) is 0.801. The summed E-state index contributed by atoms with van der Waals surface area (Å²) in [5, 5.41) is 5.01. The molecule has 0 heterocycles. The van der Waals surface area contributed by atoms with E-state index in [9.17, 15) is 8.42 Å². The Morgan fingerprint density at radius 3 is 2.43 bits per heavy atom. The first-order valence-corrected chi connectivity index (χ1v) is 9.14. The average Bonchev–Trinajstić information content (AvgIpc) is 2.35. The van der Waals surface area contributed by atoms with E-state index in [1.807, 2.05) is 13.8 Å². The van der Waals surface area contributed by atoms with Crippen LogP contribution in [0, 0.1) is 12.8 Å². The molecule has 21 heavy (non-hydrogen) atoms. The van der Waals surface area contributed by atoms with Crippen molar-refractivity contribution in [2.45, 2.75) is 46.5 Å². The van der Waals surface area contributed by atoms with Gasteiger partial charge in [-0.25, -0.2) is 13.6 Å². The van der Waals surface area contributed by atoms with Crippen LogP contribution in [0.5, 0.6) is 5.75 Å². The zero-order chi connectivity index (χ0) is 16.0. The summed E-state index contributed by atoms with van der Waals surface area (Å²) in [4.78, 5) is 0. The van der Waals surface area contributed by atoms with E-state index in [1.165, 1.54) is 11.1 Å². The highest BCUT2D eigenvalue weighted by atomic mass is 32.2. The SMILES string of the molecule is Cc1ccc(C(C)C)c(OCCC(C)CCS(N)(=O)=O)c1. The Morgan fingerprint density at radius 2 is 1.86 bits per heavy atom. The van der Waals surface area contributed by atoms with Gasteiger partial charge in [-0.05, 0) is 48.8 Å². The smallest absolute Gasteiger partial charge is 0.209 e. The van der Waals surface area contributed by atoms with Crippen molar-refractivity contribution in [1.29, 1.82) is 0 Å². The van der Waals surface area contributed by atoms with Crippen LogP contribution in [0.25, 0.3) is 0 Å². The van der Waals surface area contributed by atoms with Gasteiger partial charge < -0.3 is 4.74 Å². The average molecular weight is 313 g/mol. The van der Waals surface area contributed by atoms with Crippen molar-refractivity contribution in [2.75, 3.05) is 12.4 Å². The van der Waals surface area contributed by atoms with E-state index in [0.717, 1.165) is 12.2 Å². The molecule has 0 aliphatic rings. The predicted octanol–water partition coefficient (Wildman–Crippen LogP) is 3.20. The molecule has 1 unspecified atom stereocenters. The summed E-state index contributed by atoms with van der Waals surface area (Å²) in [6.45, 7) is 8.95. The Bertz CT molecular complexity index is 553. The molecule has 1 aromatic rings. The summed E-state index contributed by atoms with van der Waals surface area (Å²) in [6, 6.07) is 6.26.